The van der Waals surface area contributed by atoms with Gasteiger partial charge in [0.25, 0.3) is 0 Å². The fourth-order valence-electron chi connectivity index (χ4n) is 1.84. The van der Waals surface area contributed by atoms with Gasteiger partial charge >= 0.3 is 5.97 Å². The van der Waals surface area contributed by atoms with Gasteiger partial charge in [-0.05, 0) is 17.7 Å². The molecule has 0 spiro atoms. The summed E-state index contributed by atoms with van der Waals surface area (Å²) < 4.78 is 7.29. The highest BCUT2D eigenvalue weighted by molar-refractivity contribution is 9.10. The molecule has 0 atom stereocenters. The minimum Gasteiger partial charge on any atom is -0.465 e. The fraction of sp³-hybridized carbons (Fsp3) is 0.231. The number of nitrogens with one attached hydrogen (secondary N) is 1. The van der Waals surface area contributed by atoms with Crippen LogP contribution >= 0.6 is 15.9 Å². The first-order valence-corrected chi connectivity index (χ1v) is 6.73. The van der Waals surface area contributed by atoms with E-state index in [0.29, 0.717) is 12.4 Å². The summed E-state index contributed by atoms with van der Waals surface area (Å²) in [6, 6.07) is 7.80. The molecule has 0 fully saturated rings. The molecular weight excluding hydrogens is 324 g/mol. The van der Waals surface area contributed by atoms with Crippen molar-refractivity contribution >= 4 is 33.5 Å². The van der Waals surface area contributed by atoms with Gasteiger partial charge in [-0.2, -0.15) is 5.10 Å². The molecule has 0 saturated carbocycles. The van der Waals surface area contributed by atoms with Crippen molar-refractivity contribution in [1.29, 1.82) is 0 Å². The van der Waals surface area contributed by atoms with Crippen LogP contribution in [0.15, 0.2) is 28.7 Å². The van der Waals surface area contributed by atoms with Gasteiger partial charge in [0.05, 0.1) is 13.7 Å². The molecule has 0 radical (unpaired) electrons. The summed E-state index contributed by atoms with van der Waals surface area (Å²) in [5, 5.41) is 7.13. The molecule has 1 aromatic heterocycles. The number of ether oxygens (including phenoxy) is 1. The number of esters is 1. The van der Waals surface area contributed by atoms with Crippen LogP contribution < -0.4 is 11.1 Å². The van der Waals surface area contributed by atoms with E-state index < -0.39 is 5.97 Å². The molecule has 2 rings (SSSR count). The lowest BCUT2D eigenvalue weighted by Crippen LogP contribution is -2.09. The molecule has 0 unspecified atom stereocenters. The SMILES string of the molecule is CNc1nn(Cc2ccc(Br)cc2)c(N)c1C(=O)OC. The molecule has 20 heavy (non-hydrogen) atoms. The first kappa shape index (κ1) is 14.4. The Morgan fingerprint density at radius 3 is 2.65 bits per heavy atom. The molecule has 0 saturated heterocycles. The lowest BCUT2D eigenvalue weighted by molar-refractivity contribution is 0.0603. The maximum Gasteiger partial charge on any atom is 0.345 e. The van der Waals surface area contributed by atoms with Crippen LogP contribution in [0.5, 0.6) is 0 Å². The van der Waals surface area contributed by atoms with Crippen LogP contribution in [-0.2, 0) is 11.3 Å². The summed E-state index contributed by atoms with van der Waals surface area (Å²) >= 11 is 3.38. The number of nitrogens with two attached hydrogens (primary N) is 1. The molecule has 2 aromatic rings. The van der Waals surface area contributed by atoms with Crippen molar-refractivity contribution in [2.45, 2.75) is 6.54 Å². The number of hydrogen-bond donors (Lipinski definition) is 2. The van der Waals surface area contributed by atoms with Gasteiger partial charge in [-0.1, -0.05) is 28.1 Å². The highest BCUT2D eigenvalue weighted by Gasteiger charge is 2.22. The second-order valence-electron chi connectivity index (χ2n) is 4.13. The number of aromatic nitrogens is 2. The van der Waals surface area contributed by atoms with E-state index in [0.717, 1.165) is 10.0 Å². The van der Waals surface area contributed by atoms with Crippen molar-refractivity contribution in [3.05, 3.63) is 39.9 Å². The maximum absolute atomic E-state index is 11.7. The van der Waals surface area contributed by atoms with Crippen molar-refractivity contribution < 1.29 is 9.53 Å². The molecule has 0 aliphatic heterocycles. The number of benzene rings is 1. The second kappa shape index (κ2) is 5.96. The first-order chi connectivity index (χ1) is 9.56. The molecule has 7 heteroatoms. The van der Waals surface area contributed by atoms with Crippen LogP contribution in [0.3, 0.4) is 0 Å². The highest BCUT2D eigenvalue weighted by Crippen LogP contribution is 2.23. The number of carbonyl (C=O) groups is 1. The topological polar surface area (TPSA) is 82.2 Å². The average molecular weight is 339 g/mol. The zero-order chi connectivity index (χ0) is 14.7. The quantitative estimate of drug-likeness (QED) is 0.834. The summed E-state index contributed by atoms with van der Waals surface area (Å²) in [5.74, 6) is 0.185. The third-order valence-electron chi connectivity index (χ3n) is 2.86. The lowest BCUT2D eigenvalue weighted by Gasteiger charge is -2.05. The summed E-state index contributed by atoms with van der Waals surface area (Å²) in [4.78, 5) is 11.7. The molecule has 6 nitrogen and oxygen atoms in total. The number of anilines is 2. The van der Waals surface area contributed by atoms with Crippen molar-refractivity contribution in [3.63, 3.8) is 0 Å². The third kappa shape index (κ3) is 2.77. The van der Waals surface area contributed by atoms with E-state index in [9.17, 15) is 4.79 Å². The van der Waals surface area contributed by atoms with Gasteiger partial charge in [0.2, 0.25) is 0 Å². The van der Waals surface area contributed by atoms with Crippen molar-refractivity contribution in [1.82, 2.24) is 9.78 Å². The Morgan fingerprint density at radius 2 is 2.10 bits per heavy atom. The minimum absolute atomic E-state index is 0.257. The standard InChI is InChI=1S/C13H15BrN4O2/c1-16-12-10(13(19)20-2)11(15)18(17-12)7-8-3-5-9(14)6-4-8/h3-6H,7,15H2,1-2H3,(H,16,17). The number of nitrogens with zero attached hydrogens (tertiary/aromatic N) is 2. The van der Waals surface area contributed by atoms with Gasteiger partial charge in [-0.3, -0.25) is 0 Å². The van der Waals surface area contributed by atoms with E-state index in [-0.39, 0.29) is 11.4 Å². The van der Waals surface area contributed by atoms with Crippen LogP contribution in [-0.4, -0.2) is 29.9 Å². The molecule has 106 valence electrons. The van der Waals surface area contributed by atoms with Gasteiger partial charge in [-0.15, -0.1) is 0 Å². The number of halogens is 1. The van der Waals surface area contributed by atoms with Crippen LogP contribution in [0.25, 0.3) is 0 Å². The van der Waals surface area contributed by atoms with Crippen molar-refractivity contribution in [3.8, 4) is 0 Å². The number of carbonyl (C=O) groups excluding carboxylic acids is 1. The molecular formula is C13H15BrN4O2. The summed E-state index contributed by atoms with van der Waals surface area (Å²) in [7, 11) is 2.99. The Morgan fingerprint density at radius 1 is 1.45 bits per heavy atom. The Labute approximate surface area is 125 Å². The summed E-state index contributed by atoms with van der Waals surface area (Å²) in [5.41, 5.74) is 7.27. The van der Waals surface area contributed by atoms with Gasteiger partial charge in [0.15, 0.2) is 5.82 Å². The van der Waals surface area contributed by atoms with E-state index in [1.807, 2.05) is 24.3 Å². The molecule has 0 aliphatic rings. The van der Waals surface area contributed by atoms with Gasteiger partial charge in [0, 0.05) is 11.5 Å². The highest BCUT2D eigenvalue weighted by atomic mass is 79.9. The van der Waals surface area contributed by atoms with E-state index >= 15 is 0 Å². The predicted octanol–water partition coefficient (Wildman–Crippen LogP) is 2.10. The van der Waals surface area contributed by atoms with E-state index in [1.165, 1.54) is 7.11 Å². The average Bonchev–Trinajstić information content (AvgIpc) is 2.77. The van der Waals surface area contributed by atoms with E-state index in [4.69, 9.17) is 10.5 Å². The van der Waals surface area contributed by atoms with Crippen LogP contribution in [0, 0.1) is 0 Å². The number of hydrogen-bond acceptors (Lipinski definition) is 5. The number of methoxy groups -OCH3 is 1. The molecule has 0 bridgehead atoms. The predicted molar refractivity (Wildman–Crippen MR) is 80.8 cm³/mol. The van der Waals surface area contributed by atoms with Crippen LogP contribution in [0.2, 0.25) is 0 Å². The Balaban J connectivity index is 2.35. The number of rotatable bonds is 4. The summed E-state index contributed by atoms with van der Waals surface area (Å²) in [6.07, 6.45) is 0. The molecule has 0 aliphatic carbocycles. The fourth-order valence-corrected chi connectivity index (χ4v) is 2.10. The lowest BCUT2D eigenvalue weighted by atomic mass is 10.2. The number of nitrogen functional groups attached to an aromatic ring is 1. The zero-order valence-electron chi connectivity index (χ0n) is 11.2. The third-order valence-corrected chi connectivity index (χ3v) is 3.39. The zero-order valence-corrected chi connectivity index (χ0v) is 12.8. The molecule has 3 N–H and O–H groups in total. The molecule has 0 amide bonds. The van der Waals surface area contributed by atoms with Crippen LogP contribution in [0.4, 0.5) is 11.6 Å². The van der Waals surface area contributed by atoms with Crippen molar-refractivity contribution in [2.75, 3.05) is 25.2 Å². The Kier molecular flexibility index (Phi) is 4.29. The molecule has 1 aromatic carbocycles. The van der Waals surface area contributed by atoms with Crippen molar-refractivity contribution in [2.24, 2.45) is 0 Å². The van der Waals surface area contributed by atoms with Crippen LogP contribution in [0.1, 0.15) is 15.9 Å². The van der Waals surface area contributed by atoms with E-state index in [2.05, 4.69) is 26.3 Å². The molecule has 1 heterocycles. The normalized spacial score (nSPS) is 10.3. The van der Waals surface area contributed by atoms with E-state index in [1.54, 1.807) is 11.7 Å². The minimum atomic E-state index is -0.506. The smallest absolute Gasteiger partial charge is 0.345 e. The monoisotopic (exact) mass is 338 g/mol. The maximum atomic E-state index is 11.7. The first-order valence-electron chi connectivity index (χ1n) is 5.93. The van der Waals surface area contributed by atoms with Gasteiger partial charge in [0.1, 0.15) is 11.4 Å². The summed E-state index contributed by atoms with van der Waals surface area (Å²) in [6.45, 7) is 0.477. The van der Waals surface area contributed by atoms with Gasteiger partial charge in [-0.25, -0.2) is 9.48 Å². The second-order valence-corrected chi connectivity index (χ2v) is 5.05. The largest absolute Gasteiger partial charge is 0.465 e. The van der Waals surface area contributed by atoms with Gasteiger partial charge < -0.3 is 15.8 Å². The Bertz CT molecular complexity index is 622. The Hall–Kier alpha value is -2.02.